The molecule has 0 unspecified atom stereocenters. The molecule has 1 aromatic rings. The number of ketones is 1. The fourth-order valence-electron chi connectivity index (χ4n) is 2.79. The summed E-state index contributed by atoms with van der Waals surface area (Å²) in [5.41, 5.74) is 2.92. The van der Waals surface area contributed by atoms with Gasteiger partial charge in [0.05, 0.1) is 6.54 Å². The Labute approximate surface area is 132 Å². The second-order valence-corrected chi connectivity index (χ2v) is 7.00. The standard InChI is InChI=1S/C18H25NO3/c1-12-7-6-8-14(13(12)2)15-9-10-19(11-16(15)20)17(21)22-18(3,4)5/h6-8,15H,9-11H2,1-5H3/t15-/m1/s1. The third-order valence-electron chi connectivity index (χ3n) is 4.10. The van der Waals surface area contributed by atoms with Gasteiger partial charge in [-0.15, -0.1) is 0 Å². The molecule has 0 aliphatic carbocycles. The fourth-order valence-corrected chi connectivity index (χ4v) is 2.79. The largest absolute Gasteiger partial charge is 0.444 e. The Hall–Kier alpha value is -1.84. The molecule has 1 atom stereocenters. The van der Waals surface area contributed by atoms with Gasteiger partial charge in [-0.3, -0.25) is 4.79 Å². The number of carbonyl (C=O) groups is 2. The van der Waals surface area contributed by atoms with E-state index in [0.29, 0.717) is 13.0 Å². The van der Waals surface area contributed by atoms with Crippen LogP contribution in [0.5, 0.6) is 0 Å². The van der Waals surface area contributed by atoms with Gasteiger partial charge < -0.3 is 9.64 Å². The molecule has 4 nitrogen and oxygen atoms in total. The summed E-state index contributed by atoms with van der Waals surface area (Å²) in [6, 6.07) is 6.07. The van der Waals surface area contributed by atoms with Crippen LogP contribution in [0, 0.1) is 13.8 Å². The first-order valence-corrected chi connectivity index (χ1v) is 7.76. The van der Waals surface area contributed by atoms with Gasteiger partial charge in [-0.2, -0.15) is 0 Å². The second-order valence-electron chi connectivity index (χ2n) is 7.00. The monoisotopic (exact) mass is 303 g/mol. The maximum Gasteiger partial charge on any atom is 0.410 e. The molecule has 0 aromatic heterocycles. The number of aryl methyl sites for hydroxylation is 1. The summed E-state index contributed by atoms with van der Waals surface area (Å²) >= 11 is 0. The van der Waals surface area contributed by atoms with Gasteiger partial charge in [-0.25, -0.2) is 4.79 Å². The molecule has 1 aliphatic rings. The lowest BCUT2D eigenvalue weighted by Crippen LogP contribution is -2.45. The van der Waals surface area contributed by atoms with E-state index in [1.807, 2.05) is 32.9 Å². The number of rotatable bonds is 1. The molecule has 1 aromatic carbocycles. The number of likely N-dealkylation sites (tertiary alicyclic amines) is 1. The zero-order valence-electron chi connectivity index (χ0n) is 14.1. The van der Waals surface area contributed by atoms with Crippen LogP contribution in [0.15, 0.2) is 18.2 Å². The van der Waals surface area contributed by atoms with Gasteiger partial charge in [0, 0.05) is 12.5 Å². The van der Waals surface area contributed by atoms with Crippen molar-refractivity contribution in [2.45, 2.75) is 52.6 Å². The number of hydrogen-bond acceptors (Lipinski definition) is 3. The van der Waals surface area contributed by atoms with Crippen molar-refractivity contribution >= 4 is 11.9 Å². The number of piperidine rings is 1. The molecule has 2 rings (SSSR count). The zero-order chi connectivity index (χ0) is 16.5. The third kappa shape index (κ3) is 3.67. The maximum absolute atomic E-state index is 12.5. The van der Waals surface area contributed by atoms with Crippen LogP contribution in [0.4, 0.5) is 4.79 Å². The van der Waals surface area contributed by atoms with Gasteiger partial charge in [0.1, 0.15) is 5.60 Å². The highest BCUT2D eigenvalue weighted by Gasteiger charge is 2.33. The van der Waals surface area contributed by atoms with E-state index in [4.69, 9.17) is 4.74 Å². The Balaban J connectivity index is 2.09. The summed E-state index contributed by atoms with van der Waals surface area (Å²) in [5, 5.41) is 0. The van der Waals surface area contributed by atoms with Crippen LogP contribution in [-0.4, -0.2) is 35.5 Å². The van der Waals surface area contributed by atoms with Crippen LogP contribution >= 0.6 is 0 Å². The number of hydrogen-bond donors (Lipinski definition) is 0. The van der Waals surface area contributed by atoms with E-state index in [1.165, 1.54) is 16.0 Å². The molecule has 1 heterocycles. The first-order chi connectivity index (χ1) is 10.2. The maximum atomic E-state index is 12.5. The molecule has 1 amide bonds. The summed E-state index contributed by atoms with van der Waals surface area (Å²) in [7, 11) is 0. The van der Waals surface area contributed by atoms with Crippen LogP contribution in [0.25, 0.3) is 0 Å². The van der Waals surface area contributed by atoms with Crippen molar-refractivity contribution in [2.75, 3.05) is 13.1 Å². The normalized spacial score (nSPS) is 19.2. The van der Waals surface area contributed by atoms with Crippen LogP contribution in [-0.2, 0) is 9.53 Å². The van der Waals surface area contributed by atoms with Gasteiger partial charge in [0.2, 0.25) is 0 Å². The van der Waals surface area contributed by atoms with Crippen molar-refractivity contribution in [1.82, 2.24) is 4.90 Å². The van der Waals surface area contributed by atoms with Crippen molar-refractivity contribution in [2.24, 2.45) is 0 Å². The highest BCUT2D eigenvalue weighted by molar-refractivity contribution is 5.91. The molecule has 1 aliphatic heterocycles. The molecule has 0 radical (unpaired) electrons. The predicted octanol–water partition coefficient (Wildman–Crippen LogP) is 3.60. The molecule has 0 saturated carbocycles. The van der Waals surface area contributed by atoms with Crippen LogP contribution in [0.2, 0.25) is 0 Å². The van der Waals surface area contributed by atoms with E-state index in [9.17, 15) is 9.59 Å². The Kier molecular flexibility index (Phi) is 4.59. The lowest BCUT2D eigenvalue weighted by Gasteiger charge is -2.33. The first kappa shape index (κ1) is 16.5. The number of nitrogens with zero attached hydrogens (tertiary/aromatic N) is 1. The van der Waals surface area contributed by atoms with Crippen LogP contribution < -0.4 is 0 Å². The Morgan fingerprint density at radius 1 is 1.27 bits per heavy atom. The Bertz CT molecular complexity index is 586. The van der Waals surface area contributed by atoms with Gasteiger partial charge in [0.25, 0.3) is 0 Å². The smallest absolute Gasteiger partial charge is 0.410 e. The number of benzene rings is 1. The minimum atomic E-state index is -0.538. The van der Waals surface area contributed by atoms with Crippen molar-refractivity contribution in [3.63, 3.8) is 0 Å². The quantitative estimate of drug-likeness (QED) is 0.796. The zero-order valence-corrected chi connectivity index (χ0v) is 14.1. The minimum Gasteiger partial charge on any atom is -0.444 e. The van der Waals surface area contributed by atoms with Crippen LogP contribution in [0.1, 0.15) is 49.8 Å². The SMILES string of the molecule is Cc1cccc([C@H]2CCN(C(=O)OC(C)(C)C)CC2=O)c1C. The fraction of sp³-hybridized carbons (Fsp3) is 0.556. The average molecular weight is 303 g/mol. The second kappa shape index (κ2) is 6.11. The molecular formula is C18H25NO3. The van der Waals surface area contributed by atoms with E-state index >= 15 is 0 Å². The molecule has 1 saturated heterocycles. The molecule has 0 N–H and O–H groups in total. The Morgan fingerprint density at radius 2 is 1.95 bits per heavy atom. The van der Waals surface area contributed by atoms with E-state index in [1.54, 1.807) is 0 Å². The topological polar surface area (TPSA) is 46.6 Å². The summed E-state index contributed by atoms with van der Waals surface area (Å²) in [5.74, 6) is -0.0237. The van der Waals surface area contributed by atoms with Gasteiger partial charge in [0.15, 0.2) is 5.78 Å². The van der Waals surface area contributed by atoms with Gasteiger partial charge in [-0.05, 0) is 57.7 Å². The predicted molar refractivity (Wildman–Crippen MR) is 86.1 cm³/mol. The molecule has 0 bridgehead atoms. The Morgan fingerprint density at radius 3 is 2.55 bits per heavy atom. The molecule has 1 fully saturated rings. The van der Waals surface area contributed by atoms with Crippen molar-refractivity contribution in [1.29, 1.82) is 0 Å². The lowest BCUT2D eigenvalue weighted by molar-refractivity contribution is -0.123. The summed E-state index contributed by atoms with van der Waals surface area (Å²) in [4.78, 5) is 26.1. The molecule has 22 heavy (non-hydrogen) atoms. The van der Waals surface area contributed by atoms with E-state index in [-0.39, 0.29) is 18.2 Å². The minimum absolute atomic E-state index is 0.0887. The lowest BCUT2D eigenvalue weighted by atomic mass is 9.85. The summed E-state index contributed by atoms with van der Waals surface area (Å²) in [6.07, 6.45) is 0.253. The summed E-state index contributed by atoms with van der Waals surface area (Å²) < 4.78 is 5.34. The molecular weight excluding hydrogens is 278 g/mol. The summed E-state index contributed by atoms with van der Waals surface area (Å²) in [6.45, 7) is 10.3. The third-order valence-corrected chi connectivity index (χ3v) is 4.10. The molecule has 120 valence electrons. The number of Topliss-reactive ketones (excluding diaryl/α,β-unsaturated/α-hetero) is 1. The average Bonchev–Trinajstić information content (AvgIpc) is 2.40. The number of ether oxygens (including phenoxy) is 1. The number of carbonyl (C=O) groups excluding carboxylic acids is 2. The van der Waals surface area contributed by atoms with Crippen molar-refractivity contribution in [3.05, 3.63) is 34.9 Å². The molecule has 4 heteroatoms. The number of amides is 1. The van der Waals surface area contributed by atoms with E-state index in [2.05, 4.69) is 19.9 Å². The molecule has 0 spiro atoms. The van der Waals surface area contributed by atoms with E-state index in [0.717, 1.165) is 5.56 Å². The first-order valence-electron chi connectivity index (χ1n) is 7.76. The van der Waals surface area contributed by atoms with Crippen molar-refractivity contribution in [3.8, 4) is 0 Å². The van der Waals surface area contributed by atoms with Crippen LogP contribution in [0.3, 0.4) is 0 Å². The van der Waals surface area contributed by atoms with Gasteiger partial charge in [-0.1, -0.05) is 18.2 Å². The van der Waals surface area contributed by atoms with Crippen molar-refractivity contribution < 1.29 is 14.3 Å². The van der Waals surface area contributed by atoms with Gasteiger partial charge >= 0.3 is 6.09 Å². The highest BCUT2D eigenvalue weighted by Crippen LogP contribution is 2.29. The van der Waals surface area contributed by atoms with E-state index < -0.39 is 11.7 Å². The highest BCUT2D eigenvalue weighted by atomic mass is 16.6.